The Morgan fingerprint density at radius 3 is 2.70 bits per heavy atom. The first kappa shape index (κ1) is 9.42. The van der Waals surface area contributed by atoms with Gasteiger partial charge in [-0.05, 0) is 6.42 Å². The summed E-state index contributed by atoms with van der Waals surface area (Å²) >= 11 is 0.758. The standard InChI is InChI=1S/C5H9NO3S/c1-2-4(5(7)8)3-10-6-9/h4H,2-3H2,1H3,(H,7,8)/t4-/m0/s1. The highest BCUT2D eigenvalue weighted by atomic mass is 32.2. The maximum Gasteiger partial charge on any atom is 0.307 e. The molecule has 0 amide bonds. The van der Waals surface area contributed by atoms with E-state index in [9.17, 15) is 9.70 Å². The van der Waals surface area contributed by atoms with E-state index in [0.29, 0.717) is 6.42 Å². The maximum atomic E-state index is 10.3. The first-order valence-corrected chi connectivity index (χ1v) is 3.84. The summed E-state index contributed by atoms with van der Waals surface area (Å²) in [4.78, 5) is 19.8. The second kappa shape index (κ2) is 5.22. The van der Waals surface area contributed by atoms with E-state index < -0.39 is 11.9 Å². The molecule has 10 heavy (non-hydrogen) atoms. The lowest BCUT2D eigenvalue weighted by Gasteiger charge is -2.03. The zero-order valence-electron chi connectivity index (χ0n) is 5.61. The Kier molecular flexibility index (Phi) is 4.92. The summed E-state index contributed by atoms with van der Waals surface area (Å²) < 4.78 is 2.51. The molecule has 0 heterocycles. The molecule has 5 heteroatoms. The Hall–Kier alpha value is -0.580. The monoisotopic (exact) mass is 163 g/mol. The first-order chi connectivity index (χ1) is 4.72. The summed E-state index contributed by atoms with van der Waals surface area (Å²) in [5.74, 6) is -1.03. The van der Waals surface area contributed by atoms with E-state index in [1.165, 1.54) is 0 Å². The van der Waals surface area contributed by atoms with Gasteiger partial charge in [-0.25, -0.2) is 0 Å². The molecule has 0 unspecified atom stereocenters. The van der Waals surface area contributed by atoms with Crippen molar-refractivity contribution in [2.24, 2.45) is 10.5 Å². The van der Waals surface area contributed by atoms with Crippen molar-refractivity contribution >= 4 is 17.9 Å². The Bertz CT molecular complexity index is 128. The topological polar surface area (TPSA) is 66.7 Å². The number of carboxylic acid groups (broad SMARTS) is 1. The Labute approximate surface area is 63.1 Å². The molecule has 0 aromatic rings. The molecular weight excluding hydrogens is 154 g/mol. The molecule has 0 saturated carbocycles. The number of nitroso groups, excluding NO2 is 1. The average Bonchev–Trinajstić information content (AvgIpc) is 1.89. The van der Waals surface area contributed by atoms with Crippen LogP contribution in [0, 0.1) is 10.8 Å². The highest BCUT2D eigenvalue weighted by Crippen LogP contribution is 2.12. The molecule has 0 aromatic carbocycles. The van der Waals surface area contributed by atoms with Gasteiger partial charge >= 0.3 is 5.97 Å². The fraction of sp³-hybridized carbons (Fsp3) is 0.800. The Balaban J connectivity index is 3.60. The van der Waals surface area contributed by atoms with Gasteiger partial charge in [0, 0.05) is 22.3 Å². The van der Waals surface area contributed by atoms with Crippen LogP contribution in [0.2, 0.25) is 0 Å². The molecule has 1 atom stereocenters. The summed E-state index contributed by atoms with van der Waals surface area (Å²) in [5.41, 5.74) is 0. The van der Waals surface area contributed by atoms with Crippen LogP contribution in [0.5, 0.6) is 0 Å². The normalized spacial score (nSPS) is 12.5. The van der Waals surface area contributed by atoms with Crippen molar-refractivity contribution in [2.45, 2.75) is 13.3 Å². The molecule has 0 aliphatic carbocycles. The van der Waals surface area contributed by atoms with E-state index in [0.717, 1.165) is 11.9 Å². The van der Waals surface area contributed by atoms with Crippen molar-refractivity contribution in [3.8, 4) is 0 Å². The van der Waals surface area contributed by atoms with Crippen molar-refractivity contribution in [1.82, 2.24) is 0 Å². The van der Waals surface area contributed by atoms with E-state index in [2.05, 4.69) is 4.58 Å². The summed E-state index contributed by atoms with van der Waals surface area (Å²) in [6.45, 7) is 1.77. The number of carbonyl (C=O) groups is 1. The molecule has 0 rings (SSSR count). The highest BCUT2D eigenvalue weighted by molar-refractivity contribution is 7.97. The van der Waals surface area contributed by atoms with Gasteiger partial charge in [-0.15, -0.1) is 4.91 Å². The van der Waals surface area contributed by atoms with E-state index >= 15 is 0 Å². The largest absolute Gasteiger partial charge is 0.481 e. The quantitative estimate of drug-likeness (QED) is 0.492. The first-order valence-electron chi connectivity index (χ1n) is 2.89. The molecule has 58 valence electrons. The fourth-order valence-corrected chi connectivity index (χ4v) is 1.10. The van der Waals surface area contributed by atoms with Crippen LogP contribution in [-0.4, -0.2) is 16.8 Å². The third kappa shape index (κ3) is 3.45. The average molecular weight is 163 g/mol. The molecule has 0 spiro atoms. The lowest BCUT2D eigenvalue weighted by atomic mass is 10.1. The maximum absolute atomic E-state index is 10.3. The molecule has 0 fully saturated rings. The molecule has 0 saturated heterocycles. The van der Waals surface area contributed by atoms with Crippen molar-refractivity contribution < 1.29 is 9.90 Å². The predicted molar refractivity (Wildman–Crippen MR) is 39.7 cm³/mol. The Morgan fingerprint density at radius 2 is 2.40 bits per heavy atom. The lowest BCUT2D eigenvalue weighted by molar-refractivity contribution is -0.140. The number of hydrogen-bond acceptors (Lipinski definition) is 4. The van der Waals surface area contributed by atoms with Crippen LogP contribution < -0.4 is 0 Å². The summed E-state index contributed by atoms with van der Waals surface area (Å²) in [7, 11) is 0. The summed E-state index contributed by atoms with van der Waals surface area (Å²) in [6, 6.07) is 0. The van der Waals surface area contributed by atoms with E-state index in [1.807, 2.05) is 0 Å². The summed E-state index contributed by atoms with van der Waals surface area (Å²) in [5, 5.41) is 8.44. The minimum atomic E-state index is -0.862. The Morgan fingerprint density at radius 1 is 1.80 bits per heavy atom. The van der Waals surface area contributed by atoms with Gasteiger partial charge in [0.15, 0.2) is 0 Å². The summed E-state index contributed by atoms with van der Waals surface area (Å²) in [6.07, 6.45) is 0.540. The van der Waals surface area contributed by atoms with Crippen molar-refractivity contribution in [2.75, 3.05) is 5.75 Å². The van der Waals surface area contributed by atoms with Gasteiger partial charge in [0.05, 0.1) is 5.92 Å². The van der Waals surface area contributed by atoms with Crippen LogP contribution in [0.3, 0.4) is 0 Å². The molecule has 1 N–H and O–H groups in total. The van der Waals surface area contributed by atoms with Gasteiger partial charge in [0.25, 0.3) is 0 Å². The van der Waals surface area contributed by atoms with Crippen LogP contribution in [0.4, 0.5) is 0 Å². The molecular formula is C5H9NO3S. The van der Waals surface area contributed by atoms with Gasteiger partial charge in [-0.3, -0.25) is 4.79 Å². The second-order valence-corrected chi connectivity index (χ2v) is 2.55. The molecule has 0 aromatic heterocycles. The van der Waals surface area contributed by atoms with Gasteiger partial charge < -0.3 is 5.11 Å². The van der Waals surface area contributed by atoms with Gasteiger partial charge in [-0.2, -0.15) is 0 Å². The molecule has 0 aliphatic heterocycles. The van der Waals surface area contributed by atoms with Crippen LogP contribution in [0.25, 0.3) is 0 Å². The zero-order valence-corrected chi connectivity index (χ0v) is 6.43. The van der Waals surface area contributed by atoms with Crippen molar-refractivity contribution in [3.63, 3.8) is 0 Å². The third-order valence-corrected chi connectivity index (χ3v) is 1.83. The predicted octanol–water partition coefficient (Wildman–Crippen LogP) is 1.51. The lowest BCUT2D eigenvalue weighted by Crippen LogP contribution is -2.14. The van der Waals surface area contributed by atoms with Crippen LogP contribution in [-0.2, 0) is 4.79 Å². The molecule has 4 nitrogen and oxygen atoms in total. The second-order valence-electron chi connectivity index (χ2n) is 1.81. The van der Waals surface area contributed by atoms with E-state index in [-0.39, 0.29) is 5.75 Å². The number of aliphatic carboxylic acids is 1. The number of hydrogen-bond donors (Lipinski definition) is 1. The molecule has 0 aliphatic rings. The minimum absolute atomic E-state index is 0.273. The van der Waals surface area contributed by atoms with Gasteiger partial charge in [0.1, 0.15) is 0 Å². The van der Waals surface area contributed by atoms with E-state index in [1.54, 1.807) is 6.92 Å². The molecule has 0 radical (unpaired) electrons. The number of carboxylic acids is 1. The van der Waals surface area contributed by atoms with Crippen molar-refractivity contribution in [3.05, 3.63) is 4.91 Å². The van der Waals surface area contributed by atoms with Crippen LogP contribution in [0.1, 0.15) is 13.3 Å². The van der Waals surface area contributed by atoms with E-state index in [4.69, 9.17) is 5.11 Å². The fourth-order valence-electron chi connectivity index (χ4n) is 0.484. The smallest absolute Gasteiger partial charge is 0.307 e. The number of nitrogens with zero attached hydrogens (tertiary/aromatic N) is 1. The van der Waals surface area contributed by atoms with Gasteiger partial charge in [-0.1, -0.05) is 6.92 Å². The zero-order chi connectivity index (χ0) is 7.98. The van der Waals surface area contributed by atoms with Crippen LogP contribution in [0.15, 0.2) is 4.58 Å². The van der Waals surface area contributed by atoms with Crippen LogP contribution >= 0.6 is 11.9 Å². The highest BCUT2D eigenvalue weighted by Gasteiger charge is 2.14. The number of rotatable bonds is 5. The molecule has 0 bridgehead atoms. The van der Waals surface area contributed by atoms with Crippen molar-refractivity contribution in [1.29, 1.82) is 0 Å². The SMILES string of the molecule is CC[C@@H](CSN=O)C(=O)O. The van der Waals surface area contributed by atoms with Gasteiger partial charge in [0.2, 0.25) is 0 Å². The minimum Gasteiger partial charge on any atom is -0.481 e. The third-order valence-electron chi connectivity index (χ3n) is 1.17.